The monoisotopic (exact) mass is 323 g/mol. The van der Waals surface area contributed by atoms with Gasteiger partial charge in [-0.2, -0.15) is 15.0 Å². The van der Waals surface area contributed by atoms with Gasteiger partial charge in [0.25, 0.3) is 0 Å². The molecule has 1 aromatic carbocycles. The van der Waals surface area contributed by atoms with Crippen LogP contribution in [0.1, 0.15) is 32.1 Å². The number of anilines is 1. The fraction of sp³-hybridized carbons (Fsp3) is 0.400. The highest BCUT2D eigenvalue weighted by Gasteiger charge is 2.03. The summed E-state index contributed by atoms with van der Waals surface area (Å²) in [7, 11) is 0. The second-order valence-corrected chi connectivity index (χ2v) is 4.87. The van der Waals surface area contributed by atoms with E-state index in [2.05, 4.69) is 15.5 Å². The van der Waals surface area contributed by atoms with Crippen LogP contribution in [0.25, 0.3) is 5.69 Å². The maximum atomic E-state index is 11.8. The molecule has 0 fully saturated rings. The van der Waals surface area contributed by atoms with Crippen LogP contribution < -0.4 is 11.1 Å². The number of nitrogens with zero attached hydrogens (tertiary/aromatic N) is 3. The van der Waals surface area contributed by atoms with Gasteiger partial charge in [-0.1, -0.05) is 12.8 Å². The number of aromatic nitrogens is 3. The van der Waals surface area contributed by atoms with Gasteiger partial charge in [-0.25, -0.2) is 0 Å². The Bertz CT molecular complexity index is 542. The Hall–Kier alpha value is -1.92. The zero-order valence-electron chi connectivity index (χ0n) is 12.4. The average Bonchev–Trinajstić information content (AvgIpc) is 3.02. The van der Waals surface area contributed by atoms with E-state index in [9.17, 15) is 4.79 Å². The summed E-state index contributed by atoms with van der Waals surface area (Å²) in [4.78, 5) is 13.3. The van der Waals surface area contributed by atoms with Crippen molar-refractivity contribution in [3.63, 3.8) is 0 Å². The molecular weight excluding hydrogens is 302 g/mol. The lowest BCUT2D eigenvalue weighted by Gasteiger charge is -2.06. The number of hydrogen-bond acceptors (Lipinski definition) is 4. The number of unbranched alkanes of at least 4 members (excludes halogenated alkanes) is 3. The molecule has 0 aliphatic rings. The van der Waals surface area contributed by atoms with Crippen molar-refractivity contribution >= 4 is 24.0 Å². The van der Waals surface area contributed by atoms with Crippen molar-refractivity contribution in [3.8, 4) is 5.69 Å². The third-order valence-corrected chi connectivity index (χ3v) is 3.16. The van der Waals surface area contributed by atoms with Crippen molar-refractivity contribution in [2.45, 2.75) is 32.1 Å². The molecule has 7 heteroatoms. The Morgan fingerprint density at radius 3 is 2.32 bits per heavy atom. The molecule has 0 spiro atoms. The van der Waals surface area contributed by atoms with Crippen LogP contribution in [0.4, 0.5) is 5.69 Å². The highest BCUT2D eigenvalue weighted by molar-refractivity contribution is 5.90. The van der Waals surface area contributed by atoms with Crippen molar-refractivity contribution < 1.29 is 4.79 Å². The first-order valence-electron chi connectivity index (χ1n) is 7.26. The van der Waals surface area contributed by atoms with Crippen LogP contribution in [0.3, 0.4) is 0 Å². The minimum atomic E-state index is 0. The van der Waals surface area contributed by atoms with Crippen molar-refractivity contribution in [2.24, 2.45) is 5.73 Å². The Kier molecular flexibility index (Phi) is 8.17. The van der Waals surface area contributed by atoms with Gasteiger partial charge < -0.3 is 11.1 Å². The lowest BCUT2D eigenvalue weighted by molar-refractivity contribution is -0.116. The second-order valence-electron chi connectivity index (χ2n) is 4.87. The summed E-state index contributed by atoms with van der Waals surface area (Å²) in [5.41, 5.74) is 7.08. The fourth-order valence-corrected chi connectivity index (χ4v) is 2.03. The first-order valence-corrected chi connectivity index (χ1v) is 7.26. The summed E-state index contributed by atoms with van der Waals surface area (Å²) >= 11 is 0. The molecule has 1 heterocycles. The smallest absolute Gasteiger partial charge is 0.224 e. The van der Waals surface area contributed by atoms with E-state index in [1.165, 1.54) is 4.80 Å². The maximum absolute atomic E-state index is 11.8. The molecule has 3 N–H and O–H groups in total. The van der Waals surface area contributed by atoms with Crippen LogP contribution >= 0.6 is 12.4 Å². The number of benzene rings is 1. The summed E-state index contributed by atoms with van der Waals surface area (Å²) in [5, 5.41) is 11.0. The molecule has 0 bridgehead atoms. The number of carbonyl (C=O) groups is 1. The molecule has 2 aromatic rings. The zero-order valence-corrected chi connectivity index (χ0v) is 13.3. The molecule has 0 aliphatic carbocycles. The van der Waals surface area contributed by atoms with E-state index in [1.54, 1.807) is 12.4 Å². The standard InChI is InChI=1S/C15H21N5O.ClH/c16-10-4-2-1-3-5-15(21)19-13-6-8-14(9-7-13)20-17-11-12-18-20;/h6-9,11-12H,1-5,10,16H2,(H,19,21);1H. The average molecular weight is 324 g/mol. The molecular formula is C15H22ClN5O. The van der Waals surface area contributed by atoms with Crippen LogP contribution in [0.15, 0.2) is 36.7 Å². The molecule has 0 radical (unpaired) electrons. The van der Waals surface area contributed by atoms with Gasteiger partial charge in [-0.3, -0.25) is 4.79 Å². The lowest BCUT2D eigenvalue weighted by atomic mass is 10.1. The minimum Gasteiger partial charge on any atom is -0.330 e. The van der Waals surface area contributed by atoms with Gasteiger partial charge in [0.15, 0.2) is 0 Å². The number of halogens is 1. The third kappa shape index (κ3) is 5.83. The van der Waals surface area contributed by atoms with Crippen LogP contribution in [0, 0.1) is 0 Å². The van der Waals surface area contributed by atoms with Gasteiger partial charge in [0.1, 0.15) is 0 Å². The lowest BCUT2D eigenvalue weighted by Crippen LogP contribution is -2.11. The summed E-state index contributed by atoms with van der Waals surface area (Å²) in [6.45, 7) is 0.726. The first kappa shape index (κ1) is 18.1. The Morgan fingerprint density at radius 2 is 1.68 bits per heavy atom. The Labute approximate surface area is 136 Å². The van der Waals surface area contributed by atoms with E-state index in [4.69, 9.17) is 5.73 Å². The predicted octanol–water partition coefficient (Wildman–Crippen LogP) is 2.54. The van der Waals surface area contributed by atoms with E-state index in [0.717, 1.165) is 43.6 Å². The summed E-state index contributed by atoms with van der Waals surface area (Å²) < 4.78 is 0. The van der Waals surface area contributed by atoms with Crippen molar-refractivity contribution in [2.75, 3.05) is 11.9 Å². The molecule has 0 saturated heterocycles. The molecule has 0 unspecified atom stereocenters. The number of carbonyl (C=O) groups excluding carboxylic acids is 1. The fourth-order valence-electron chi connectivity index (χ4n) is 2.03. The minimum absolute atomic E-state index is 0. The van der Waals surface area contributed by atoms with Crippen molar-refractivity contribution in [3.05, 3.63) is 36.7 Å². The van der Waals surface area contributed by atoms with Gasteiger partial charge in [0.2, 0.25) is 5.91 Å². The molecule has 120 valence electrons. The summed E-state index contributed by atoms with van der Waals surface area (Å²) in [6, 6.07) is 7.45. The van der Waals surface area contributed by atoms with Gasteiger partial charge in [0, 0.05) is 12.1 Å². The first-order chi connectivity index (χ1) is 10.3. The molecule has 22 heavy (non-hydrogen) atoms. The Balaban J connectivity index is 0.00000242. The van der Waals surface area contributed by atoms with E-state index in [1.807, 2.05) is 24.3 Å². The van der Waals surface area contributed by atoms with Gasteiger partial charge in [-0.05, 0) is 43.7 Å². The van der Waals surface area contributed by atoms with Crippen LogP contribution in [-0.2, 0) is 4.79 Å². The van der Waals surface area contributed by atoms with Crippen molar-refractivity contribution in [1.29, 1.82) is 0 Å². The quantitative estimate of drug-likeness (QED) is 0.731. The summed E-state index contributed by atoms with van der Waals surface area (Å²) in [5.74, 6) is 0.0488. The van der Waals surface area contributed by atoms with Crippen molar-refractivity contribution in [1.82, 2.24) is 15.0 Å². The molecule has 2 rings (SSSR count). The molecule has 0 saturated carbocycles. The van der Waals surface area contributed by atoms with E-state index in [-0.39, 0.29) is 18.3 Å². The Morgan fingerprint density at radius 1 is 1.05 bits per heavy atom. The van der Waals surface area contributed by atoms with Crippen LogP contribution in [0.2, 0.25) is 0 Å². The zero-order chi connectivity index (χ0) is 14.9. The van der Waals surface area contributed by atoms with Gasteiger partial charge >= 0.3 is 0 Å². The normalized spacial score (nSPS) is 10.0. The molecule has 1 aromatic heterocycles. The third-order valence-electron chi connectivity index (χ3n) is 3.16. The molecule has 0 aliphatic heterocycles. The van der Waals surface area contributed by atoms with Crippen LogP contribution in [0.5, 0.6) is 0 Å². The van der Waals surface area contributed by atoms with Gasteiger partial charge in [-0.15, -0.1) is 12.4 Å². The largest absolute Gasteiger partial charge is 0.330 e. The second kappa shape index (κ2) is 9.92. The topological polar surface area (TPSA) is 85.8 Å². The number of rotatable bonds is 8. The number of hydrogen-bond donors (Lipinski definition) is 2. The molecule has 1 amide bonds. The van der Waals surface area contributed by atoms with E-state index < -0.39 is 0 Å². The summed E-state index contributed by atoms with van der Waals surface area (Å²) in [6.07, 6.45) is 7.88. The van der Waals surface area contributed by atoms with Crippen LogP contribution in [-0.4, -0.2) is 27.4 Å². The number of nitrogens with one attached hydrogen (secondary N) is 1. The SMILES string of the molecule is Cl.NCCCCCCC(=O)Nc1ccc(-n2nccn2)cc1. The number of nitrogens with two attached hydrogens (primary N) is 1. The van der Waals surface area contributed by atoms with Gasteiger partial charge in [0.05, 0.1) is 18.1 Å². The van der Waals surface area contributed by atoms with E-state index >= 15 is 0 Å². The molecule has 6 nitrogen and oxygen atoms in total. The maximum Gasteiger partial charge on any atom is 0.224 e. The highest BCUT2D eigenvalue weighted by Crippen LogP contribution is 2.12. The predicted molar refractivity (Wildman–Crippen MR) is 89.4 cm³/mol. The number of amides is 1. The molecule has 0 atom stereocenters. The van der Waals surface area contributed by atoms with E-state index in [0.29, 0.717) is 6.42 Å². The highest BCUT2D eigenvalue weighted by atomic mass is 35.5.